The lowest BCUT2D eigenvalue weighted by atomic mass is 9.86. The predicted molar refractivity (Wildman–Crippen MR) is 229 cm³/mol. The van der Waals surface area contributed by atoms with Crippen LogP contribution in [0.2, 0.25) is 5.02 Å². The Hall–Kier alpha value is -5.56. The molecule has 2 amide bonds. The molecule has 1 saturated carbocycles. The first-order chi connectivity index (χ1) is 30.6. The van der Waals surface area contributed by atoms with E-state index in [1.807, 2.05) is 6.07 Å². The van der Waals surface area contributed by atoms with E-state index in [9.17, 15) is 14.4 Å². The normalized spacial score (nSPS) is 24.3. The first-order valence-corrected chi connectivity index (χ1v) is 22.1. The van der Waals surface area contributed by atoms with Gasteiger partial charge in [-0.1, -0.05) is 23.7 Å². The number of amides is 2. The number of hydrogen-bond donors (Lipinski definition) is 3. The number of alkyl halides is 3. The molecule has 7 heterocycles. The zero-order valence-corrected chi connectivity index (χ0v) is 35.8. The molecule has 0 spiro atoms. The van der Waals surface area contributed by atoms with Gasteiger partial charge in [0.05, 0.1) is 47.3 Å². The first-order valence-electron chi connectivity index (χ1n) is 21.7. The molecule has 0 radical (unpaired) electrons. The van der Waals surface area contributed by atoms with Crippen molar-refractivity contribution in [2.75, 3.05) is 54.9 Å². The van der Waals surface area contributed by atoms with E-state index in [1.54, 1.807) is 18.0 Å². The number of aromatic nitrogens is 5. The summed E-state index contributed by atoms with van der Waals surface area (Å²) in [6.45, 7) is 1.36. The molecule has 2 aromatic carbocycles. The van der Waals surface area contributed by atoms with Crippen LogP contribution in [0.3, 0.4) is 0 Å². The highest BCUT2D eigenvalue weighted by molar-refractivity contribution is 6.33. The number of imide groups is 1. The van der Waals surface area contributed by atoms with Crippen LogP contribution in [-0.4, -0.2) is 98.5 Å². The van der Waals surface area contributed by atoms with Crippen LogP contribution in [0.15, 0.2) is 35.3 Å². The van der Waals surface area contributed by atoms with Crippen molar-refractivity contribution in [3.8, 4) is 5.75 Å². The van der Waals surface area contributed by atoms with Gasteiger partial charge in [-0.05, 0) is 75.1 Å². The Labute approximate surface area is 368 Å². The van der Waals surface area contributed by atoms with E-state index < -0.39 is 47.9 Å². The van der Waals surface area contributed by atoms with Crippen molar-refractivity contribution in [3.63, 3.8) is 0 Å². The number of carbonyl (C=O) groups excluding carboxylic acids is 2. The fourth-order valence-corrected chi connectivity index (χ4v) is 10.2. The number of halogens is 6. The van der Waals surface area contributed by atoms with E-state index in [0.29, 0.717) is 86.9 Å². The number of carbonyl (C=O) groups is 2. The number of piperidine rings is 3. The lowest BCUT2D eigenvalue weighted by Crippen LogP contribution is -2.47. The average Bonchev–Trinajstić information content (AvgIpc) is 4.06. The van der Waals surface area contributed by atoms with Gasteiger partial charge in [-0.2, -0.15) is 10.1 Å². The maximum atomic E-state index is 16.2. The molecular formula is C44H46ClF5N10O4. The number of pyridine rings is 1. The maximum Gasteiger partial charge on any atom is 0.301 e. The molecule has 3 N–H and O–H groups in total. The molecule has 4 unspecified atom stereocenters. The second-order valence-corrected chi connectivity index (χ2v) is 18.3. The van der Waals surface area contributed by atoms with Crippen LogP contribution in [0.4, 0.5) is 45.1 Å². The zero-order valence-electron chi connectivity index (χ0n) is 35.1. The Morgan fingerprint density at radius 2 is 1.78 bits per heavy atom. The molecule has 4 aliphatic heterocycles. The number of benzene rings is 2. The van der Waals surface area contributed by atoms with Crippen LogP contribution < -0.4 is 31.1 Å². The minimum absolute atomic E-state index is 0.0158. The van der Waals surface area contributed by atoms with E-state index in [-0.39, 0.29) is 87.3 Å². The topological polar surface area (TPSA) is 152 Å². The Bertz CT molecular complexity index is 2780. The molecule has 0 bridgehead atoms. The number of anilines is 4. The second kappa shape index (κ2) is 16.2. The highest BCUT2D eigenvalue weighted by atomic mass is 35.5. The smallest absolute Gasteiger partial charge is 0.301 e. The zero-order chi connectivity index (χ0) is 44.8. The summed E-state index contributed by atoms with van der Waals surface area (Å²) < 4.78 is 86.3. The molecule has 1 aliphatic carbocycles. The molecule has 4 atom stereocenters. The molecule has 5 aliphatic rings. The summed E-state index contributed by atoms with van der Waals surface area (Å²) in [5.41, 5.74) is 0.835. The van der Waals surface area contributed by atoms with Gasteiger partial charge in [0.15, 0.2) is 18.2 Å². The van der Waals surface area contributed by atoms with E-state index in [1.165, 1.54) is 24.0 Å². The molecule has 338 valence electrons. The standard InChI is InChI=1S/C44H46ClF5N10O4/c1-57-32-16-29(46)31(15-27(32)36-38(42(57)63)64-20-44(49,50)39(54-36)22-3-4-22)52-40-28(45)17-51-43(55-40)60-14-11-23(30(47)19-60)18-59-12-9-21(10-13-59)24-5-6-25-35(56-58(2)37(25)34(24)48)26-7-8-33(61)53-41(26)62/h5-6,15-17,21-23,26,30,39,54H,3-4,7-14,18-20H2,1-2H3,(H,51,52,55)(H,53,61,62). The van der Waals surface area contributed by atoms with Crippen molar-refractivity contribution in [3.05, 3.63) is 68.7 Å². The minimum atomic E-state index is -3.25. The summed E-state index contributed by atoms with van der Waals surface area (Å²) in [5.74, 6) is -6.40. The van der Waals surface area contributed by atoms with Crippen LogP contribution in [0.5, 0.6) is 5.75 Å². The van der Waals surface area contributed by atoms with Crippen molar-refractivity contribution < 1.29 is 36.3 Å². The number of likely N-dealkylation sites (tertiary alicyclic amines) is 1. The molecule has 20 heteroatoms. The number of fused-ring (bicyclic) bond motifs is 4. The molecule has 14 nitrogen and oxygen atoms in total. The molecule has 3 aromatic heterocycles. The van der Waals surface area contributed by atoms with E-state index in [0.717, 1.165) is 10.6 Å². The van der Waals surface area contributed by atoms with Gasteiger partial charge >= 0.3 is 5.92 Å². The van der Waals surface area contributed by atoms with Gasteiger partial charge < -0.3 is 29.7 Å². The number of rotatable bonds is 8. The van der Waals surface area contributed by atoms with E-state index in [4.69, 9.17) is 16.3 Å². The number of nitrogens with zero attached hydrogens (tertiary/aromatic N) is 7. The molecular weight excluding hydrogens is 863 g/mol. The first kappa shape index (κ1) is 42.4. The second-order valence-electron chi connectivity index (χ2n) is 17.9. The molecule has 5 aromatic rings. The number of hydrogen-bond acceptors (Lipinski definition) is 11. The highest BCUT2D eigenvalue weighted by Gasteiger charge is 2.51. The van der Waals surface area contributed by atoms with Crippen LogP contribution in [0, 0.1) is 23.5 Å². The summed E-state index contributed by atoms with van der Waals surface area (Å²) in [4.78, 5) is 50.4. The van der Waals surface area contributed by atoms with Crippen LogP contribution in [0.1, 0.15) is 68.0 Å². The highest BCUT2D eigenvalue weighted by Crippen LogP contribution is 2.46. The largest absolute Gasteiger partial charge is 0.480 e. The fourth-order valence-electron chi connectivity index (χ4n) is 10.0. The van der Waals surface area contributed by atoms with Gasteiger partial charge in [-0.15, -0.1) is 0 Å². The van der Waals surface area contributed by atoms with Crippen molar-refractivity contribution in [1.29, 1.82) is 0 Å². The monoisotopic (exact) mass is 908 g/mol. The van der Waals surface area contributed by atoms with Gasteiger partial charge in [0.2, 0.25) is 23.5 Å². The van der Waals surface area contributed by atoms with Crippen molar-refractivity contribution in [1.82, 2.24) is 34.5 Å². The number of nitrogens with one attached hydrogen (secondary N) is 3. The number of ether oxygens (including phenoxy) is 1. The summed E-state index contributed by atoms with van der Waals surface area (Å²) >= 11 is 6.50. The summed E-state index contributed by atoms with van der Waals surface area (Å²) in [5, 5.41) is 13.6. The van der Waals surface area contributed by atoms with Gasteiger partial charge in [0.25, 0.3) is 5.56 Å². The van der Waals surface area contributed by atoms with E-state index in [2.05, 4.69) is 35.9 Å². The van der Waals surface area contributed by atoms with Crippen molar-refractivity contribution in [2.45, 2.75) is 74.9 Å². The quantitative estimate of drug-likeness (QED) is 0.113. The number of aryl methyl sites for hydroxylation is 2. The Balaban J connectivity index is 0.794. The SMILES string of the molecule is Cn1nc(C2CCC(=O)NC2=O)c2ccc(C3CCN(CC4CCN(c5ncc(Cl)c(Nc6cc7c8c(c(=O)n(C)c7cc6F)OCC(F)(F)C(C6CC6)N8)n5)CC4F)CC3)c(F)c21. The summed E-state index contributed by atoms with van der Waals surface area (Å²) in [7, 11) is 3.07. The fraction of sp³-hybridized carbons (Fsp3) is 0.500. The van der Waals surface area contributed by atoms with Crippen LogP contribution in [0.25, 0.3) is 21.8 Å². The summed E-state index contributed by atoms with van der Waals surface area (Å²) in [6, 6.07) is 4.86. The molecule has 10 rings (SSSR count). The third-order valence-corrected chi connectivity index (χ3v) is 14.0. The van der Waals surface area contributed by atoms with Crippen molar-refractivity contribution in [2.24, 2.45) is 25.9 Å². The predicted octanol–water partition coefficient (Wildman–Crippen LogP) is 6.67. The molecule has 3 saturated heterocycles. The Kier molecular flexibility index (Phi) is 10.7. The lowest BCUT2D eigenvalue weighted by Gasteiger charge is -2.39. The average molecular weight is 909 g/mol. The van der Waals surface area contributed by atoms with Gasteiger partial charge in [-0.25, -0.2) is 26.9 Å². The minimum Gasteiger partial charge on any atom is -0.480 e. The Morgan fingerprint density at radius 1 is 1.00 bits per heavy atom. The van der Waals surface area contributed by atoms with E-state index >= 15 is 22.0 Å². The van der Waals surface area contributed by atoms with Crippen LogP contribution in [-0.2, 0) is 23.7 Å². The van der Waals surface area contributed by atoms with Crippen LogP contribution >= 0.6 is 11.6 Å². The molecule has 64 heavy (non-hydrogen) atoms. The summed E-state index contributed by atoms with van der Waals surface area (Å²) in [6.07, 6.45) is 3.74. The third kappa shape index (κ3) is 7.56. The van der Waals surface area contributed by atoms with Gasteiger partial charge in [0, 0.05) is 56.4 Å². The Morgan fingerprint density at radius 3 is 2.52 bits per heavy atom. The van der Waals surface area contributed by atoms with Crippen molar-refractivity contribution >= 4 is 68.4 Å². The molecule has 4 fully saturated rings. The van der Waals surface area contributed by atoms with Gasteiger partial charge in [0.1, 0.15) is 22.5 Å². The lowest BCUT2D eigenvalue weighted by molar-refractivity contribution is -0.134. The maximum absolute atomic E-state index is 16.2. The van der Waals surface area contributed by atoms with Gasteiger partial charge in [-0.3, -0.25) is 24.4 Å². The third-order valence-electron chi connectivity index (χ3n) is 13.7.